The predicted molar refractivity (Wildman–Crippen MR) is 114 cm³/mol. The number of allylic oxidation sites excluding steroid dienone is 1. The van der Waals surface area contributed by atoms with Gasteiger partial charge in [0.05, 0.1) is 24.5 Å². The molecule has 3 aromatic rings. The summed E-state index contributed by atoms with van der Waals surface area (Å²) in [6, 6.07) is 3.87. The first-order chi connectivity index (χ1) is 15.2. The molecule has 0 aliphatic carbocycles. The van der Waals surface area contributed by atoms with E-state index in [1.165, 1.54) is 0 Å². The van der Waals surface area contributed by atoms with Crippen LogP contribution in [0.3, 0.4) is 0 Å². The number of halogens is 3. The number of hydrogen-bond acceptors (Lipinski definition) is 7. The fourth-order valence-electron chi connectivity index (χ4n) is 3.58. The molecule has 0 aromatic carbocycles. The van der Waals surface area contributed by atoms with Gasteiger partial charge >= 0.3 is 6.18 Å². The fourth-order valence-corrected chi connectivity index (χ4v) is 3.58. The molecule has 4 heterocycles. The van der Waals surface area contributed by atoms with Crippen molar-refractivity contribution in [2.24, 2.45) is 0 Å². The highest BCUT2D eigenvalue weighted by Gasteiger charge is 2.29. The summed E-state index contributed by atoms with van der Waals surface area (Å²) >= 11 is 0. The van der Waals surface area contributed by atoms with Crippen molar-refractivity contribution in [2.75, 3.05) is 24.6 Å². The van der Waals surface area contributed by atoms with Crippen LogP contribution in [0.25, 0.3) is 16.7 Å². The molecule has 0 spiro atoms. The van der Waals surface area contributed by atoms with Gasteiger partial charge in [0, 0.05) is 31.1 Å². The number of hydrogen-bond donors (Lipinski definition) is 0. The highest BCUT2D eigenvalue weighted by Crippen LogP contribution is 2.31. The van der Waals surface area contributed by atoms with Crippen LogP contribution in [0.15, 0.2) is 31.1 Å². The minimum Gasteiger partial charge on any atom is -0.370 e. The molecular formula is C22H23F3N6O. The Hall–Kier alpha value is -3.14. The number of alkyl halides is 3. The van der Waals surface area contributed by atoms with Gasteiger partial charge in [0.2, 0.25) is 5.95 Å². The first kappa shape index (κ1) is 22.1. The van der Waals surface area contributed by atoms with Gasteiger partial charge in [-0.05, 0) is 43.5 Å². The summed E-state index contributed by atoms with van der Waals surface area (Å²) in [5, 5.41) is 0. The maximum Gasteiger partial charge on any atom is 0.389 e. The van der Waals surface area contributed by atoms with E-state index in [2.05, 4.69) is 31.5 Å². The lowest BCUT2D eigenvalue weighted by Gasteiger charge is -2.33. The topological polar surface area (TPSA) is 76.9 Å². The first-order valence-corrected chi connectivity index (χ1v) is 10.2. The zero-order valence-electron chi connectivity index (χ0n) is 17.9. The Morgan fingerprint density at radius 3 is 2.75 bits per heavy atom. The van der Waals surface area contributed by atoms with Gasteiger partial charge in [-0.3, -0.25) is 4.98 Å². The SMILES string of the molecule is C=C(CCC(F)(F)F)c1nc(N2CCOC(c3ccnc(C)c3)C2)nc2nc(C)cnc12. The molecule has 1 atom stereocenters. The highest BCUT2D eigenvalue weighted by atomic mass is 19.4. The normalized spacial score (nSPS) is 17.0. The number of aromatic nitrogens is 5. The Morgan fingerprint density at radius 1 is 1.19 bits per heavy atom. The molecule has 168 valence electrons. The summed E-state index contributed by atoms with van der Waals surface area (Å²) in [5.41, 5.74) is 3.77. The standard InChI is InChI=1S/C22H23F3N6O/c1-13(4-6-22(23,24)25)18-19-20(28-15(3)11-27-19)30-21(29-18)31-8-9-32-17(12-31)16-5-7-26-14(2)10-16/h5,7,10-11,17H,1,4,6,8-9,12H2,2-3H3. The van der Waals surface area contributed by atoms with E-state index in [9.17, 15) is 13.2 Å². The van der Waals surface area contributed by atoms with Crippen LogP contribution >= 0.6 is 0 Å². The summed E-state index contributed by atoms with van der Waals surface area (Å²) < 4.78 is 44.3. The largest absolute Gasteiger partial charge is 0.389 e. The Bertz CT molecular complexity index is 1150. The lowest BCUT2D eigenvalue weighted by molar-refractivity contribution is -0.133. The Morgan fingerprint density at radius 2 is 2.00 bits per heavy atom. The molecule has 0 bridgehead atoms. The number of rotatable bonds is 5. The van der Waals surface area contributed by atoms with Crippen molar-refractivity contribution in [1.82, 2.24) is 24.9 Å². The number of morpholine rings is 1. The second-order valence-electron chi connectivity index (χ2n) is 7.81. The molecule has 0 N–H and O–H groups in total. The van der Waals surface area contributed by atoms with E-state index in [0.29, 0.717) is 48.2 Å². The second kappa shape index (κ2) is 8.78. The number of ether oxygens (including phenoxy) is 1. The van der Waals surface area contributed by atoms with Gasteiger partial charge in [-0.15, -0.1) is 0 Å². The van der Waals surface area contributed by atoms with Crippen LogP contribution in [0.1, 0.15) is 41.6 Å². The highest BCUT2D eigenvalue weighted by molar-refractivity contribution is 5.84. The molecule has 3 aromatic heterocycles. The van der Waals surface area contributed by atoms with Crippen LogP contribution in [0.4, 0.5) is 19.1 Å². The summed E-state index contributed by atoms with van der Waals surface area (Å²) in [5.74, 6) is 0.375. The van der Waals surface area contributed by atoms with Gasteiger partial charge in [-0.25, -0.2) is 15.0 Å². The number of anilines is 1. The summed E-state index contributed by atoms with van der Waals surface area (Å²) in [6.07, 6.45) is -2.45. The van der Waals surface area contributed by atoms with Gasteiger partial charge in [0.15, 0.2) is 5.65 Å². The maximum absolute atomic E-state index is 12.8. The number of fused-ring (bicyclic) bond motifs is 1. The Labute approximate surface area is 183 Å². The van der Waals surface area contributed by atoms with Crippen LogP contribution < -0.4 is 4.90 Å². The molecule has 10 heteroatoms. The number of nitrogens with zero attached hydrogens (tertiary/aromatic N) is 6. The third kappa shape index (κ3) is 5.01. The molecule has 4 rings (SSSR count). The molecule has 32 heavy (non-hydrogen) atoms. The molecule has 7 nitrogen and oxygen atoms in total. The van der Waals surface area contributed by atoms with E-state index in [0.717, 1.165) is 11.3 Å². The van der Waals surface area contributed by atoms with Crippen LogP contribution in [0.2, 0.25) is 0 Å². The molecule has 1 saturated heterocycles. The van der Waals surface area contributed by atoms with E-state index in [-0.39, 0.29) is 18.1 Å². The van der Waals surface area contributed by atoms with Gasteiger partial charge in [-0.1, -0.05) is 6.58 Å². The molecule has 1 aliphatic heterocycles. The van der Waals surface area contributed by atoms with Crippen molar-refractivity contribution >= 4 is 22.7 Å². The van der Waals surface area contributed by atoms with Crippen molar-refractivity contribution in [1.29, 1.82) is 0 Å². The van der Waals surface area contributed by atoms with Crippen molar-refractivity contribution < 1.29 is 17.9 Å². The summed E-state index contributed by atoms with van der Waals surface area (Å²) in [4.78, 5) is 24.1. The molecule has 0 radical (unpaired) electrons. The van der Waals surface area contributed by atoms with Gasteiger partial charge < -0.3 is 9.64 Å². The summed E-state index contributed by atoms with van der Waals surface area (Å²) in [7, 11) is 0. The zero-order chi connectivity index (χ0) is 22.9. The fraction of sp³-hybridized carbons (Fsp3) is 0.409. The van der Waals surface area contributed by atoms with Gasteiger partial charge in [0.1, 0.15) is 11.6 Å². The van der Waals surface area contributed by atoms with Gasteiger partial charge in [0.25, 0.3) is 0 Å². The molecule has 1 unspecified atom stereocenters. The first-order valence-electron chi connectivity index (χ1n) is 10.2. The van der Waals surface area contributed by atoms with Crippen LogP contribution in [0, 0.1) is 13.8 Å². The lowest BCUT2D eigenvalue weighted by atomic mass is 10.1. The Kier molecular flexibility index (Phi) is 6.05. The molecule has 0 saturated carbocycles. The van der Waals surface area contributed by atoms with Crippen LogP contribution in [-0.2, 0) is 4.74 Å². The molecule has 1 fully saturated rings. The zero-order valence-corrected chi connectivity index (χ0v) is 17.9. The molecule has 0 amide bonds. The Balaban J connectivity index is 1.68. The van der Waals surface area contributed by atoms with E-state index in [4.69, 9.17) is 4.74 Å². The van der Waals surface area contributed by atoms with E-state index in [1.807, 2.05) is 24.0 Å². The van der Waals surface area contributed by atoms with Crippen molar-refractivity contribution in [3.05, 3.63) is 53.8 Å². The lowest BCUT2D eigenvalue weighted by Crippen LogP contribution is -2.39. The quantitative estimate of drug-likeness (QED) is 0.579. The van der Waals surface area contributed by atoms with Crippen molar-refractivity contribution in [3.63, 3.8) is 0 Å². The number of pyridine rings is 1. The van der Waals surface area contributed by atoms with E-state index >= 15 is 0 Å². The van der Waals surface area contributed by atoms with Crippen LogP contribution in [-0.4, -0.2) is 50.8 Å². The van der Waals surface area contributed by atoms with Crippen LogP contribution in [0.5, 0.6) is 0 Å². The third-order valence-corrected chi connectivity index (χ3v) is 5.20. The monoisotopic (exact) mass is 444 g/mol. The van der Waals surface area contributed by atoms with E-state index < -0.39 is 12.6 Å². The maximum atomic E-state index is 12.8. The van der Waals surface area contributed by atoms with E-state index in [1.54, 1.807) is 19.3 Å². The molecular weight excluding hydrogens is 421 g/mol. The number of aryl methyl sites for hydroxylation is 2. The molecule has 1 aliphatic rings. The second-order valence-corrected chi connectivity index (χ2v) is 7.81. The minimum atomic E-state index is -4.28. The van der Waals surface area contributed by atoms with Gasteiger partial charge in [-0.2, -0.15) is 18.2 Å². The van der Waals surface area contributed by atoms with Crippen molar-refractivity contribution in [3.8, 4) is 0 Å². The minimum absolute atomic E-state index is 0.203. The average molecular weight is 444 g/mol. The third-order valence-electron chi connectivity index (χ3n) is 5.20. The smallest absolute Gasteiger partial charge is 0.370 e. The predicted octanol–water partition coefficient (Wildman–Crippen LogP) is 4.37. The summed E-state index contributed by atoms with van der Waals surface area (Å²) in [6.45, 7) is 9.03. The van der Waals surface area contributed by atoms with Crippen molar-refractivity contribution in [2.45, 2.75) is 39.0 Å². The average Bonchev–Trinajstić information content (AvgIpc) is 2.76.